The number of hydrogen-bond donors (Lipinski definition) is 1. The van der Waals surface area contributed by atoms with Crippen molar-refractivity contribution in [2.24, 2.45) is 11.7 Å². The first-order valence-corrected chi connectivity index (χ1v) is 13.5. The Morgan fingerprint density at radius 1 is 1.10 bits per heavy atom. The van der Waals surface area contributed by atoms with Crippen LogP contribution in [0.1, 0.15) is 40.3 Å². The normalized spacial score (nSPS) is 19.1. The van der Waals surface area contributed by atoms with Crippen LogP contribution in [0.4, 0.5) is 4.39 Å². The van der Waals surface area contributed by atoms with Crippen LogP contribution in [0, 0.1) is 23.6 Å². The van der Waals surface area contributed by atoms with Crippen molar-refractivity contribution in [2.45, 2.75) is 37.9 Å². The number of rotatable bonds is 6. The molecule has 1 aliphatic carbocycles. The summed E-state index contributed by atoms with van der Waals surface area (Å²) in [7, 11) is 0. The van der Waals surface area contributed by atoms with E-state index in [1.165, 1.54) is 23.0 Å². The number of pyridine rings is 2. The van der Waals surface area contributed by atoms with E-state index < -0.39 is 17.8 Å². The zero-order valence-corrected chi connectivity index (χ0v) is 22.6. The highest BCUT2D eigenvalue weighted by molar-refractivity contribution is 9.10. The van der Waals surface area contributed by atoms with Crippen LogP contribution < -0.4 is 5.73 Å². The molecule has 2 fully saturated rings. The number of aromatic nitrogens is 4. The summed E-state index contributed by atoms with van der Waals surface area (Å²) in [6, 6.07) is 12.4. The zero-order valence-electron chi connectivity index (χ0n) is 21.1. The van der Waals surface area contributed by atoms with E-state index in [1.807, 2.05) is 6.07 Å². The lowest BCUT2D eigenvalue weighted by molar-refractivity contribution is -0.139. The minimum absolute atomic E-state index is 0.00871. The number of carbonyl (C=O) groups excluding carboxylic acids is 3. The van der Waals surface area contributed by atoms with Gasteiger partial charge in [0.1, 0.15) is 22.7 Å². The minimum atomic E-state index is -0.744. The molecule has 200 valence electrons. The molecule has 1 aromatic carbocycles. The number of Topliss-reactive ketones (excluding diaryl/α,β-unsaturated/α-hetero) is 1. The van der Waals surface area contributed by atoms with Gasteiger partial charge in [-0.3, -0.25) is 19.1 Å². The number of amides is 2. The Kier molecular flexibility index (Phi) is 6.64. The second-order valence-electron chi connectivity index (χ2n) is 9.92. The van der Waals surface area contributed by atoms with Gasteiger partial charge in [0.25, 0.3) is 5.91 Å². The van der Waals surface area contributed by atoms with E-state index >= 15 is 0 Å². The summed E-state index contributed by atoms with van der Waals surface area (Å²) in [4.78, 5) is 49.0. The van der Waals surface area contributed by atoms with Gasteiger partial charge in [0.15, 0.2) is 11.5 Å². The molecule has 0 spiro atoms. The van der Waals surface area contributed by atoms with E-state index in [4.69, 9.17) is 5.73 Å². The lowest BCUT2D eigenvalue weighted by atomic mass is 10.0. The van der Waals surface area contributed by atoms with E-state index in [1.54, 1.807) is 35.2 Å². The number of ketones is 1. The highest BCUT2D eigenvalue weighted by atomic mass is 79.9. The molecule has 4 aromatic rings. The topological polar surface area (TPSA) is 124 Å². The number of likely N-dealkylation sites (tertiary alicyclic amines) is 1. The summed E-state index contributed by atoms with van der Waals surface area (Å²) >= 11 is 3.33. The number of nitrogens with zero attached hydrogens (tertiary/aromatic N) is 5. The maximum atomic E-state index is 13.6. The standard InChI is InChI=1S/C29H22BrFN6O3/c30-26-3-1-2-20(34-26)14-25(38)24-12-17-11-23(17)37(24)27(39)15-36-22-7-5-16(10-21(22)28(35-36)29(32)40)4-6-19-13-18(31)8-9-33-19/h1-3,5,7-10,13,17,23-24H,11-12,14-15H2,(H2,32,40)/t17-,23-,24+/m1/s1. The molecule has 2 aliphatic rings. The molecule has 6 rings (SSSR count). The van der Waals surface area contributed by atoms with Gasteiger partial charge in [-0.15, -0.1) is 0 Å². The Morgan fingerprint density at radius 3 is 2.73 bits per heavy atom. The number of piperidine rings is 1. The summed E-state index contributed by atoms with van der Waals surface area (Å²) in [6.07, 6.45) is 2.98. The van der Waals surface area contributed by atoms with Gasteiger partial charge in [-0.1, -0.05) is 12.0 Å². The number of carbonyl (C=O) groups is 3. The molecule has 40 heavy (non-hydrogen) atoms. The number of nitrogens with two attached hydrogens (primary N) is 1. The lowest BCUT2D eigenvalue weighted by Gasteiger charge is -2.26. The van der Waals surface area contributed by atoms with E-state index in [0.29, 0.717) is 39.1 Å². The summed E-state index contributed by atoms with van der Waals surface area (Å²) in [5.41, 5.74) is 7.59. The lowest BCUT2D eigenvalue weighted by Crippen LogP contribution is -2.45. The van der Waals surface area contributed by atoms with Crippen molar-refractivity contribution in [3.05, 3.63) is 87.8 Å². The molecule has 1 saturated carbocycles. The number of benzene rings is 1. The summed E-state index contributed by atoms with van der Waals surface area (Å²) in [5.74, 6) is 4.53. The predicted molar refractivity (Wildman–Crippen MR) is 146 cm³/mol. The van der Waals surface area contributed by atoms with Gasteiger partial charge < -0.3 is 10.6 Å². The van der Waals surface area contributed by atoms with Crippen LogP contribution in [0.15, 0.2) is 59.3 Å². The summed E-state index contributed by atoms with van der Waals surface area (Å²) in [5, 5.41) is 4.78. The van der Waals surface area contributed by atoms with E-state index in [-0.39, 0.29) is 42.1 Å². The third-order valence-electron chi connectivity index (χ3n) is 7.22. The van der Waals surface area contributed by atoms with Crippen LogP contribution in [0.3, 0.4) is 0 Å². The molecule has 3 atom stereocenters. The van der Waals surface area contributed by atoms with Crippen molar-refractivity contribution < 1.29 is 18.8 Å². The molecule has 0 unspecified atom stereocenters. The molecule has 4 heterocycles. The van der Waals surface area contributed by atoms with Crippen molar-refractivity contribution in [2.75, 3.05) is 0 Å². The Balaban J connectivity index is 1.25. The van der Waals surface area contributed by atoms with Gasteiger partial charge >= 0.3 is 0 Å². The first kappa shape index (κ1) is 25.8. The van der Waals surface area contributed by atoms with Crippen molar-refractivity contribution in [1.82, 2.24) is 24.6 Å². The van der Waals surface area contributed by atoms with Crippen molar-refractivity contribution >= 4 is 44.4 Å². The van der Waals surface area contributed by atoms with Gasteiger partial charge in [0, 0.05) is 34.9 Å². The molecular formula is C29H22BrFN6O3. The van der Waals surface area contributed by atoms with Crippen LogP contribution in [-0.2, 0) is 22.6 Å². The van der Waals surface area contributed by atoms with Crippen molar-refractivity contribution in [3.8, 4) is 11.8 Å². The van der Waals surface area contributed by atoms with E-state index in [9.17, 15) is 18.8 Å². The zero-order chi connectivity index (χ0) is 28.0. The van der Waals surface area contributed by atoms with Gasteiger partial charge in [-0.05, 0) is 77.0 Å². The number of fused-ring (bicyclic) bond motifs is 2. The second kappa shape index (κ2) is 10.3. The third kappa shape index (κ3) is 5.10. The Bertz CT molecular complexity index is 1760. The number of halogens is 2. The molecule has 0 radical (unpaired) electrons. The minimum Gasteiger partial charge on any atom is -0.364 e. The molecule has 9 nitrogen and oxygen atoms in total. The Morgan fingerprint density at radius 2 is 1.95 bits per heavy atom. The number of hydrogen-bond acceptors (Lipinski definition) is 6. The average Bonchev–Trinajstić information content (AvgIpc) is 3.43. The highest BCUT2D eigenvalue weighted by Crippen LogP contribution is 2.48. The molecular weight excluding hydrogens is 579 g/mol. The Hall–Kier alpha value is -4.43. The van der Waals surface area contributed by atoms with Crippen molar-refractivity contribution in [3.63, 3.8) is 0 Å². The maximum absolute atomic E-state index is 13.6. The van der Waals surface area contributed by atoms with Gasteiger partial charge in [-0.25, -0.2) is 14.4 Å². The fourth-order valence-electron chi connectivity index (χ4n) is 5.33. The van der Waals surface area contributed by atoms with Gasteiger partial charge in [0.05, 0.1) is 18.0 Å². The summed E-state index contributed by atoms with van der Waals surface area (Å²) in [6.45, 7) is -0.149. The fraction of sp³-hybridized carbons (Fsp3) is 0.241. The SMILES string of the molecule is NC(=O)c1nn(CC(=O)N2[C@@H]3C[C@@H]3C[C@H]2C(=O)Cc2cccc(Br)n2)c2ccc(C#Cc3cc(F)ccn3)cc12. The quantitative estimate of drug-likeness (QED) is 0.268. The van der Waals surface area contributed by atoms with Crippen LogP contribution in [-0.4, -0.2) is 54.3 Å². The van der Waals surface area contributed by atoms with Crippen LogP contribution in [0.2, 0.25) is 0 Å². The van der Waals surface area contributed by atoms with Gasteiger partial charge in [0.2, 0.25) is 5.91 Å². The van der Waals surface area contributed by atoms with Gasteiger partial charge in [-0.2, -0.15) is 5.10 Å². The molecule has 0 bridgehead atoms. The molecule has 1 aliphatic heterocycles. The average molecular weight is 601 g/mol. The smallest absolute Gasteiger partial charge is 0.269 e. The first-order chi connectivity index (χ1) is 19.3. The molecule has 2 amide bonds. The monoisotopic (exact) mass is 600 g/mol. The van der Waals surface area contributed by atoms with Crippen LogP contribution in [0.5, 0.6) is 0 Å². The fourth-order valence-corrected chi connectivity index (χ4v) is 5.71. The van der Waals surface area contributed by atoms with Crippen molar-refractivity contribution in [1.29, 1.82) is 0 Å². The van der Waals surface area contributed by atoms with E-state index in [0.717, 1.165) is 6.42 Å². The third-order valence-corrected chi connectivity index (χ3v) is 7.66. The van der Waals surface area contributed by atoms with Crippen LogP contribution in [0.25, 0.3) is 10.9 Å². The number of primary amides is 1. The molecule has 2 N–H and O–H groups in total. The molecule has 1 saturated heterocycles. The molecule has 11 heteroatoms. The van der Waals surface area contributed by atoms with E-state index in [2.05, 4.69) is 42.8 Å². The second-order valence-corrected chi connectivity index (χ2v) is 10.7. The Labute approximate surface area is 236 Å². The van der Waals surface area contributed by atoms with Crippen LogP contribution >= 0.6 is 15.9 Å². The maximum Gasteiger partial charge on any atom is 0.269 e. The largest absolute Gasteiger partial charge is 0.364 e. The summed E-state index contributed by atoms with van der Waals surface area (Å²) < 4.78 is 15.5. The predicted octanol–water partition coefficient (Wildman–Crippen LogP) is 3.03. The first-order valence-electron chi connectivity index (χ1n) is 12.7. The highest BCUT2D eigenvalue weighted by Gasteiger charge is 2.55. The molecule has 3 aromatic heterocycles.